The molecule has 1 rings (SSSR count). The highest BCUT2D eigenvalue weighted by atomic mass is 14.9. The molecule has 1 atom stereocenters. The Kier molecular flexibility index (Phi) is 3.37. The number of aryl methyl sites for hydroxylation is 1. The number of aromatic nitrogens is 2. The summed E-state index contributed by atoms with van der Waals surface area (Å²) in [5.41, 5.74) is 7.90. The lowest BCUT2D eigenvalue weighted by Gasteiger charge is -2.13. The molecule has 0 saturated heterocycles. The highest BCUT2D eigenvalue weighted by molar-refractivity contribution is 5.10. The Bertz CT molecular complexity index is 271. The van der Waals surface area contributed by atoms with Crippen molar-refractivity contribution in [3.8, 4) is 0 Å². The molecule has 0 bridgehead atoms. The van der Waals surface area contributed by atoms with Crippen LogP contribution in [-0.2, 0) is 0 Å². The Morgan fingerprint density at radius 1 is 1.38 bits per heavy atom. The van der Waals surface area contributed by atoms with E-state index in [2.05, 4.69) is 23.8 Å². The maximum absolute atomic E-state index is 5.97. The van der Waals surface area contributed by atoms with Crippen LogP contribution in [0.15, 0.2) is 12.4 Å². The van der Waals surface area contributed by atoms with Crippen LogP contribution in [-0.4, -0.2) is 9.97 Å². The maximum Gasteiger partial charge on any atom is 0.115 e. The molecule has 0 spiro atoms. The molecule has 0 aromatic carbocycles. The molecule has 1 aromatic rings. The molecule has 3 heteroatoms. The monoisotopic (exact) mass is 179 g/mol. The Hall–Kier alpha value is -0.960. The molecule has 0 saturated carbocycles. The molecule has 2 N–H and O–H groups in total. The van der Waals surface area contributed by atoms with E-state index in [-0.39, 0.29) is 6.04 Å². The van der Waals surface area contributed by atoms with Gasteiger partial charge in [0.25, 0.3) is 0 Å². The van der Waals surface area contributed by atoms with Crippen LogP contribution in [0.2, 0.25) is 0 Å². The molecule has 0 amide bonds. The van der Waals surface area contributed by atoms with Crippen LogP contribution in [0.3, 0.4) is 0 Å². The van der Waals surface area contributed by atoms with Gasteiger partial charge in [0.05, 0.1) is 5.69 Å². The van der Waals surface area contributed by atoms with Gasteiger partial charge in [0.15, 0.2) is 0 Å². The van der Waals surface area contributed by atoms with Gasteiger partial charge in [-0.3, -0.25) is 0 Å². The molecular formula is C10H17N3. The topological polar surface area (TPSA) is 51.8 Å². The van der Waals surface area contributed by atoms with E-state index in [0.717, 1.165) is 17.8 Å². The van der Waals surface area contributed by atoms with Crippen LogP contribution in [0, 0.1) is 12.8 Å². The molecule has 0 unspecified atom stereocenters. The first-order valence-electron chi connectivity index (χ1n) is 4.63. The SMILES string of the molecule is Cc1cc([C@H](N)CC(C)C)ncn1. The quantitative estimate of drug-likeness (QED) is 0.770. The van der Waals surface area contributed by atoms with Crippen molar-refractivity contribution < 1.29 is 0 Å². The van der Waals surface area contributed by atoms with E-state index in [1.807, 2.05) is 13.0 Å². The standard InChI is InChI=1S/C10H17N3/c1-7(2)4-9(11)10-5-8(3)12-6-13-10/h5-7,9H,4,11H2,1-3H3/t9-/m1/s1. The molecule has 72 valence electrons. The average Bonchev–Trinajstić information content (AvgIpc) is 2.03. The fraction of sp³-hybridized carbons (Fsp3) is 0.600. The normalized spacial score (nSPS) is 13.3. The zero-order valence-corrected chi connectivity index (χ0v) is 8.49. The minimum atomic E-state index is 0.0432. The van der Waals surface area contributed by atoms with E-state index in [0.29, 0.717) is 5.92 Å². The molecule has 0 aliphatic carbocycles. The summed E-state index contributed by atoms with van der Waals surface area (Å²) >= 11 is 0. The van der Waals surface area contributed by atoms with Gasteiger partial charge in [-0.05, 0) is 25.3 Å². The van der Waals surface area contributed by atoms with Gasteiger partial charge in [-0.15, -0.1) is 0 Å². The van der Waals surface area contributed by atoms with Gasteiger partial charge in [-0.25, -0.2) is 9.97 Å². The zero-order valence-electron chi connectivity index (χ0n) is 8.49. The summed E-state index contributed by atoms with van der Waals surface area (Å²) in [6.07, 6.45) is 2.54. The van der Waals surface area contributed by atoms with Gasteiger partial charge in [-0.1, -0.05) is 13.8 Å². The van der Waals surface area contributed by atoms with Crippen LogP contribution in [0.4, 0.5) is 0 Å². The number of hydrogen-bond donors (Lipinski definition) is 1. The van der Waals surface area contributed by atoms with Crippen molar-refractivity contribution in [2.45, 2.75) is 33.2 Å². The first kappa shape index (κ1) is 10.1. The molecule has 0 aliphatic rings. The van der Waals surface area contributed by atoms with E-state index in [1.165, 1.54) is 0 Å². The lowest BCUT2D eigenvalue weighted by molar-refractivity contribution is 0.501. The van der Waals surface area contributed by atoms with Crippen molar-refractivity contribution in [3.05, 3.63) is 23.8 Å². The van der Waals surface area contributed by atoms with Crippen molar-refractivity contribution in [2.75, 3.05) is 0 Å². The summed E-state index contributed by atoms with van der Waals surface area (Å²) in [7, 11) is 0. The minimum absolute atomic E-state index is 0.0432. The summed E-state index contributed by atoms with van der Waals surface area (Å²) in [5, 5.41) is 0. The van der Waals surface area contributed by atoms with Crippen LogP contribution in [0.5, 0.6) is 0 Å². The summed E-state index contributed by atoms with van der Waals surface area (Å²) in [6.45, 7) is 6.27. The molecule has 0 aliphatic heterocycles. The molecule has 1 heterocycles. The molecule has 0 fully saturated rings. The predicted molar refractivity (Wildman–Crippen MR) is 53.2 cm³/mol. The highest BCUT2D eigenvalue weighted by Crippen LogP contribution is 2.16. The van der Waals surface area contributed by atoms with Gasteiger partial charge >= 0.3 is 0 Å². The third-order valence-corrected chi connectivity index (χ3v) is 1.93. The predicted octanol–water partition coefficient (Wildman–Crippen LogP) is 1.83. The Morgan fingerprint density at radius 2 is 2.08 bits per heavy atom. The second-order valence-electron chi connectivity index (χ2n) is 3.82. The molecule has 1 aromatic heterocycles. The second-order valence-corrected chi connectivity index (χ2v) is 3.82. The fourth-order valence-corrected chi connectivity index (χ4v) is 1.31. The molecule has 0 radical (unpaired) electrons. The molecular weight excluding hydrogens is 162 g/mol. The van der Waals surface area contributed by atoms with E-state index in [9.17, 15) is 0 Å². The zero-order chi connectivity index (χ0) is 9.84. The van der Waals surface area contributed by atoms with Crippen molar-refractivity contribution in [2.24, 2.45) is 11.7 Å². The number of rotatable bonds is 3. The van der Waals surface area contributed by atoms with Crippen molar-refractivity contribution >= 4 is 0 Å². The maximum atomic E-state index is 5.97. The lowest BCUT2D eigenvalue weighted by atomic mass is 10.0. The summed E-state index contributed by atoms with van der Waals surface area (Å²) in [6, 6.07) is 1.99. The number of nitrogens with two attached hydrogens (primary N) is 1. The van der Waals surface area contributed by atoms with Gasteiger partial charge in [0, 0.05) is 11.7 Å². The highest BCUT2D eigenvalue weighted by Gasteiger charge is 2.09. The van der Waals surface area contributed by atoms with Gasteiger partial charge in [0.2, 0.25) is 0 Å². The smallest absolute Gasteiger partial charge is 0.115 e. The van der Waals surface area contributed by atoms with Crippen molar-refractivity contribution in [1.29, 1.82) is 0 Å². The van der Waals surface area contributed by atoms with E-state index in [4.69, 9.17) is 5.73 Å². The molecule has 13 heavy (non-hydrogen) atoms. The largest absolute Gasteiger partial charge is 0.323 e. The Labute approximate surface area is 79.4 Å². The Balaban J connectivity index is 2.71. The first-order valence-corrected chi connectivity index (χ1v) is 4.63. The number of hydrogen-bond acceptors (Lipinski definition) is 3. The van der Waals surface area contributed by atoms with E-state index >= 15 is 0 Å². The summed E-state index contributed by atoms with van der Waals surface area (Å²) < 4.78 is 0. The second kappa shape index (κ2) is 4.33. The minimum Gasteiger partial charge on any atom is -0.323 e. The van der Waals surface area contributed by atoms with Gasteiger partial charge < -0.3 is 5.73 Å². The lowest BCUT2D eigenvalue weighted by Crippen LogP contribution is -2.14. The van der Waals surface area contributed by atoms with Crippen LogP contribution < -0.4 is 5.73 Å². The first-order chi connectivity index (χ1) is 6.09. The van der Waals surface area contributed by atoms with E-state index < -0.39 is 0 Å². The van der Waals surface area contributed by atoms with Crippen molar-refractivity contribution in [1.82, 2.24) is 9.97 Å². The van der Waals surface area contributed by atoms with Crippen LogP contribution >= 0.6 is 0 Å². The number of nitrogens with zero attached hydrogens (tertiary/aromatic N) is 2. The third-order valence-electron chi connectivity index (χ3n) is 1.93. The summed E-state index contributed by atoms with van der Waals surface area (Å²) in [5.74, 6) is 0.602. The van der Waals surface area contributed by atoms with Gasteiger partial charge in [0.1, 0.15) is 6.33 Å². The van der Waals surface area contributed by atoms with Crippen molar-refractivity contribution in [3.63, 3.8) is 0 Å². The van der Waals surface area contributed by atoms with Crippen LogP contribution in [0.25, 0.3) is 0 Å². The Morgan fingerprint density at radius 3 is 2.62 bits per heavy atom. The summed E-state index contributed by atoms with van der Waals surface area (Å²) in [4.78, 5) is 8.19. The van der Waals surface area contributed by atoms with Crippen LogP contribution in [0.1, 0.15) is 37.7 Å². The third kappa shape index (κ3) is 3.11. The van der Waals surface area contributed by atoms with Gasteiger partial charge in [-0.2, -0.15) is 0 Å². The average molecular weight is 179 g/mol. The fourth-order valence-electron chi connectivity index (χ4n) is 1.31. The molecule has 3 nitrogen and oxygen atoms in total. The van der Waals surface area contributed by atoms with E-state index in [1.54, 1.807) is 6.33 Å².